The number of primary sulfonamides is 1. The van der Waals surface area contributed by atoms with E-state index < -0.39 is 43.1 Å². The van der Waals surface area contributed by atoms with E-state index in [1.165, 1.54) is 59.6 Å². The van der Waals surface area contributed by atoms with Crippen LogP contribution in [0.25, 0.3) is 0 Å². The molecule has 364 valence electrons. The second-order valence-electron chi connectivity index (χ2n) is 19.0. The third-order valence-corrected chi connectivity index (χ3v) is 12.2. The lowest BCUT2D eigenvalue weighted by Gasteiger charge is -2.20. The molecule has 0 aliphatic rings. The summed E-state index contributed by atoms with van der Waals surface area (Å²) in [4.78, 5) is 23.7. The first kappa shape index (κ1) is 56.6. The van der Waals surface area contributed by atoms with Gasteiger partial charge in [-0.05, 0) is 137 Å². The van der Waals surface area contributed by atoms with Gasteiger partial charge in [0.1, 0.15) is 22.8 Å². The Morgan fingerprint density at radius 2 is 0.923 bits per heavy atom. The van der Waals surface area contributed by atoms with E-state index in [0.29, 0.717) is 28.1 Å². The minimum absolute atomic E-state index is 0.0404. The van der Waals surface area contributed by atoms with Crippen molar-refractivity contribution in [2.24, 2.45) is 5.14 Å². The van der Waals surface area contributed by atoms with Gasteiger partial charge in [0.05, 0.1) is 24.2 Å². The molecule has 4 rings (SSSR count). The number of amides is 1. The molecule has 0 unspecified atom stereocenters. The highest BCUT2D eigenvalue weighted by Crippen LogP contribution is 2.32. The molecule has 0 saturated heterocycles. The van der Waals surface area contributed by atoms with Gasteiger partial charge < -0.3 is 15.3 Å². The fourth-order valence-electron chi connectivity index (χ4n) is 7.09. The van der Waals surface area contributed by atoms with Gasteiger partial charge in [-0.15, -0.1) is 0 Å². The van der Waals surface area contributed by atoms with E-state index in [1.54, 1.807) is 13.8 Å². The maximum atomic E-state index is 14.1. The van der Waals surface area contributed by atoms with E-state index in [1.807, 2.05) is 83.1 Å². The third-order valence-electron chi connectivity index (χ3n) is 10.2. The van der Waals surface area contributed by atoms with E-state index in [4.69, 9.17) is 10.2 Å². The average molecular weight is 953 g/mol. The molecule has 65 heavy (non-hydrogen) atoms. The van der Waals surface area contributed by atoms with Gasteiger partial charge in [0.15, 0.2) is 10.1 Å². The number of nitrogens with two attached hydrogens (primary N) is 1. The summed E-state index contributed by atoms with van der Waals surface area (Å²) >= 11 is 0. The maximum Gasteiger partial charge on any atom is 0.307 e. The largest absolute Gasteiger partial charge is 0.481 e. The van der Waals surface area contributed by atoms with Crippen molar-refractivity contribution in [1.29, 1.82) is 0 Å². The number of aliphatic hydroxyl groups is 2. The fourth-order valence-corrected chi connectivity index (χ4v) is 8.51. The lowest BCUT2D eigenvalue weighted by molar-refractivity contribution is -0.136. The van der Waals surface area contributed by atoms with E-state index in [2.05, 4.69) is 14.9 Å². The molecule has 2 heterocycles. The van der Waals surface area contributed by atoms with Crippen LogP contribution in [0.3, 0.4) is 0 Å². The second kappa shape index (κ2) is 21.8. The Kier molecular flexibility index (Phi) is 19.0. The number of nitrogens with one attached hydrogen (secondary N) is 1. The highest BCUT2D eigenvalue weighted by atomic mass is 32.2. The van der Waals surface area contributed by atoms with Crippen LogP contribution in [0.4, 0.5) is 8.78 Å². The van der Waals surface area contributed by atoms with E-state index in [9.17, 15) is 45.4 Å². The number of rotatable bonds is 15. The number of carbonyl (C=O) groups excluding carboxylic acids is 1. The van der Waals surface area contributed by atoms with Gasteiger partial charge in [0.25, 0.3) is 20.0 Å². The molecule has 0 saturated carbocycles. The number of carbonyl (C=O) groups is 2. The van der Waals surface area contributed by atoms with Crippen molar-refractivity contribution in [3.63, 3.8) is 0 Å². The Morgan fingerprint density at radius 3 is 1.18 bits per heavy atom. The number of halogens is 2. The number of carboxylic acid groups (broad SMARTS) is 1. The highest BCUT2D eigenvalue weighted by molar-refractivity contribution is 7.90. The summed E-state index contributed by atoms with van der Waals surface area (Å²) in [6.07, 6.45) is -0.245. The first-order valence-corrected chi connectivity index (χ1v) is 24.5. The molecule has 15 nitrogen and oxygen atoms in total. The Labute approximate surface area is 383 Å². The number of aromatic nitrogens is 4. The van der Waals surface area contributed by atoms with Gasteiger partial charge in [-0.2, -0.15) is 18.6 Å². The molecule has 0 spiro atoms. The van der Waals surface area contributed by atoms with Crippen LogP contribution in [0, 0.1) is 11.6 Å². The quantitative estimate of drug-likeness (QED) is 0.0762. The number of nitrogens with zero attached hydrogens (tertiary/aromatic N) is 4. The monoisotopic (exact) mass is 952 g/mol. The van der Waals surface area contributed by atoms with Crippen molar-refractivity contribution in [2.75, 3.05) is 0 Å². The van der Waals surface area contributed by atoms with Crippen molar-refractivity contribution in [3.8, 4) is 0 Å². The Bertz CT molecular complexity index is 2470. The number of hydrogen-bond acceptors (Lipinski definition) is 10. The molecule has 2 aromatic heterocycles. The number of benzene rings is 2. The van der Waals surface area contributed by atoms with Crippen LogP contribution < -0.4 is 9.86 Å². The summed E-state index contributed by atoms with van der Waals surface area (Å²) in [7, 11) is -8.11. The van der Waals surface area contributed by atoms with Crippen LogP contribution in [-0.4, -0.2) is 63.6 Å². The van der Waals surface area contributed by atoms with Crippen LogP contribution >= 0.6 is 0 Å². The van der Waals surface area contributed by atoms with Gasteiger partial charge in [-0.25, -0.2) is 27.1 Å². The predicted molar refractivity (Wildman–Crippen MR) is 247 cm³/mol. The van der Waals surface area contributed by atoms with E-state index >= 15 is 0 Å². The van der Waals surface area contributed by atoms with Crippen LogP contribution in [0.15, 0.2) is 46.5 Å². The molecule has 1 amide bonds. The summed E-state index contributed by atoms with van der Waals surface area (Å²) < 4.78 is 80.7. The molecular weight excluding hydrogens is 883 g/mol. The van der Waals surface area contributed by atoms with Crippen molar-refractivity contribution >= 4 is 31.9 Å². The first-order valence-electron chi connectivity index (χ1n) is 21.5. The van der Waals surface area contributed by atoms with Crippen molar-refractivity contribution in [1.82, 2.24) is 24.3 Å². The number of hydrogen-bond donors (Lipinski definition) is 5. The zero-order valence-corrected chi connectivity index (χ0v) is 42.2. The van der Waals surface area contributed by atoms with Crippen LogP contribution in [0.1, 0.15) is 191 Å². The molecule has 0 aliphatic heterocycles. The van der Waals surface area contributed by atoms with E-state index in [-0.39, 0.29) is 70.3 Å². The van der Waals surface area contributed by atoms with Gasteiger partial charge >= 0.3 is 5.97 Å². The molecule has 4 aromatic rings. The summed E-state index contributed by atoms with van der Waals surface area (Å²) in [6, 6.07) is 8.02. The second-order valence-corrected chi connectivity index (χ2v) is 22.1. The van der Waals surface area contributed by atoms with Crippen LogP contribution in [0.2, 0.25) is 0 Å². The molecule has 0 aliphatic carbocycles. The summed E-state index contributed by atoms with van der Waals surface area (Å²) in [5.74, 6) is -2.11. The standard InChI is InChI=1S/C23H34FN3O4S.C14H19FO2.C9H17N3O3S/c1-13(2)17-9-16(24)10-18(14(3)4)19(17)11-21(28)26-32(30,31)22-12-20(23(7,8)29)27(25-22)15(5)6;1-8(2)11-5-10(15)6-12(9(3)4)13(11)7-14(16)17;1-6(2)12-7(9(3,4)13)5-8(11-12)16(10,14)15/h9-10,12-15,29H,11H2,1-8H3,(H,26,28);5-6,8-9H,7H2,1-4H3,(H,16,17);5-6,13H,1-4H3,(H2,10,14,15). The first-order chi connectivity index (χ1) is 29.4. The smallest absolute Gasteiger partial charge is 0.307 e. The molecule has 0 radical (unpaired) electrons. The minimum atomic E-state index is -4.27. The zero-order chi connectivity index (χ0) is 50.5. The number of aliphatic carboxylic acids is 1. The maximum absolute atomic E-state index is 14.1. The van der Waals surface area contributed by atoms with Crippen molar-refractivity contribution in [3.05, 3.63) is 92.8 Å². The molecule has 2 aromatic carbocycles. The van der Waals surface area contributed by atoms with Gasteiger partial charge in [-0.3, -0.25) is 19.0 Å². The zero-order valence-electron chi connectivity index (χ0n) is 40.6. The van der Waals surface area contributed by atoms with Crippen molar-refractivity contribution < 1.29 is 50.5 Å². The normalized spacial score (nSPS) is 12.5. The topological polar surface area (TPSA) is 237 Å². The van der Waals surface area contributed by atoms with Crippen LogP contribution in [-0.2, 0) is 53.7 Å². The average Bonchev–Trinajstić information content (AvgIpc) is 3.81. The van der Waals surface area contributed by atoms with Gasteiger partial charge in [0.2, 0.25) is 5.91 Å². The van der Waals surface area contributed by atoms with E-state index in [0.717, 1.165) is 16.7 Å². The van der Waals surface area contributed by atoms with Crippen LogP contribution in [0.5, 0.6) is 0 Å². The Morgan fingerprint density at radius 1 is 0.615 bits per heavy atom. The number of sulfonamides is 2. The highest BCUT2D eigenvalue weighted by Gasteiger charge is 2.31. The predicted octanol–water partition coefficient (Wildman–Crippen LogP) is 8.16. The van der Waals surface area contributed by atoms with Crippen molar-refractivity contribution in [2.45, 2.75) is 181 Å². The summed E-state index contributed by atoms with van der Waals surface area (Å²) in [6.45, 7) is 28.9. The van der Waals surface area contributed by atoms with Gasteiger partial charge in [0, 0.05) is 24.2 Å². The molecule has 0 bridgehead atoms. The SMILES string of the molecule is CC(C)c1cc(F)cc(C(C)C)c1CC(=O)NS(=O)(=O)c1cc(C(C)(C)O)n(C(C)C)n1.CC(C)c1cc(F)cc(C(C)C)c1CC(=O)O.CC(C)n1nc(S(N)(=O)=O)cc1C(C)(C)O. The Balaban J connectivity index is 0.000000370. The Hall–Kier alpha value is -4.56. The number of carboxylic acids is 1. The summed E-state index contributed by atoms with van der Waals surface area (Å²) in [5.41, 5.74) is 2.62. The minimum Gasteiger partial charge on any atom is -0.481 e. The molecular formula is C46H70F2N6O9S2. The molecule has 0 fully saturated rings. The lowest BCUT2D eigenvalue weighted by Crippen LogP contribution is -2.32. The van der Waals surface area contributed by atoms with Gasteiger partial charge in [-0.1, -0.05) is 55.4 Å². The lowest BCUT2D eigenvalue weighted by atomic mass is 9.87. The fraction of sp³-hybridized carbons (Fsp3) is 0.565. The third kappa shape index (κ3) is 15.5. The molecule has 0 atom stereocenters. The molecule has 19 heteroatoms. The summed E-state index contributed by atoms with van der Waals surface area (Å²) in [5, 5.41) is 41.7. The molecule has 6 N–H and O–H groups in total.